The second kappa shape index (κ2) is 12.9. The Balaban J connectivity index is 1.28. The molecule has 2 aromatic heterocycles. The first-order chi connectivity index (χ1) is 26.7. The predicted molar refractivity (Wildman–Crippen MR) is 220 cm³/mol. The van der Waals surface area contributed by atoms with Gasteiger partial charge in [-0.2, -0.15) is 5.26 Å². The number of hydrogen-bond donors (Lipinski definition) is 0. The van der Waals surface area contributed by atoms with Crippen molar-refractivity contribution in [2.45, 2.75) is 0 Å². The lowest BCUT2D eigenvalue weighted by Crippen LogP contribution is -2.03. The van der Waals surface area contributed by atoms with Gasteiger partial charge >= 0.3 is 0 Å². The number of benzene rings is 8. The van der Waals surface area contributed by atoms with Crippen LogP contribution in [-0.2, 0) is 0 Å². The van der Waals surface area contributed by atoms with Crippen molar-refractivity contribution in [3.63, 3.8) is 0 Å². The van der Waals surface area contributed by atoms with Gasteiger partial charge in [0, 0.05) is 11.1 Å². The van der Waals surface area contributed by atoms with Crippen molar-refractivity contribution < 1.29 is 0 Å². The summed E-state index contributed by atoms with van der Waals surface area (Å²) in [6.07, 6.45) is 0. The molecule has 54 heavy (non-hydrogen) atoms. The molecular formula is C49H31N5. The van der Waals surface area contributed by atoms with E-state index < -0.39 is 0 Å². The third kappa shape index (κ3) is 5.25. The van der Waals surface area contributed by atoms with Crippen LogP contribution in [0.1, 0.15) is 5.56 Å². The first-order valence-corrected chi connectivity index (χ1v) is 18.0. The van der Waals surface area contributed by atoms with Gasteiger partial charge in [0.1, 0.15) is 11.6 Å². The van der Waals surface area contributed by atoms with E-state index in [9.17, 15) is 5.26 Å². The second-order valence-corrected chi connectivity index (χ2v) is 13.4. The molecular weight excluding hydrogens is 659 g/mol. The predicted octanol–water partition coefficient (Wildman–Crippen LogP) is 12.1. The molecule has 0 amide bonds. The SMILES string of the molecule is N#Cc1ccc(-c2ccc(-c3cc(-n4c(-c5ccccc5)nc5ccccc54)cc(-n4c(-c5ccccc5)nc5ccccc54)c3)c3ccccc23)cc1. The molecule has 0 atom stereocenters. The monoisotopic (exact) mass is 689 g/mol. The van der Waals surface area contributed by atoms with Gasteiger partial charge in [0.2, 0.25) is 0 Å². The van der Waals surface area contributed by atoms with E-state index in [0.717, 1.165) is 89.2 Å². The number of rotatable bonds is 6. The van der Waals surface area contributed by atoms with Crippen molar-refractivity contribution in [3.8, 4) is 62.5 Å². The number of aromatic nitrogens is 4. The van der Waals surface area contributed by atoms with Crippen LogP contribution in [0.3, 0.4) is 0 Å². The minimum Gasteiger partial charge on any atom is -0.292 e. The molecule has 0 radical (unpaired) electrons. The van der Waals surface area contributed by atoms with Crippen LogP contribution in [-0.4, -0.2) is 19.1 Å². The molecule has 2 heterocycles. The molecule has 10 rings (SSSR count). The maximum atomic E-state index is 9.43. The Morgan fingerprint density at radius 1 is 0.389 bits per heavy atom. The van der Waals surface area contributed by atoms with E-state index in [1.165, 1.54) is 0 Å². The Hall–Kier alpha value is -7.55. The second-order valence-electron chi connectivity index (χ2n) is 13.4. The van der Waals surface area contributed by atoms with Gasteiger partial charge in [0.15, 0.2) is 0 Å². The summed E-state index contributed by atoms with van der Waals surface area (Å²) in [4.78, 5) is 10.4. The van der Waals surface area contributed by atoms with Crippen LogP contribution in [0, 0.1) is 11.3 Å². The highest BCUT2D eigenvalue weighted by Gasteiger charge is 2.20. The molecule has 8 aromatic carbocycles. The summed E-state index contributed by atoms with van der Waals surface area (Å²) in [7, 11) is 0. The fourth-order valence-corrected chi connectivity index (χ4v) is 7.67. The summed E-state index contributed by atoms with van der Waals surface area (Å²) < 4.78 is 4.57. The first kappa shape index (κ1) is 31.2. The standard InChI is InChI=1S/C49H31N5/c50-32-33-23-25-34(26-24-33)40-27-28-41(43-18-8-7-17-42(40)43)37-29-38(53-46-21-11-9-19-44(46)51-48(53)35-13-3-1-4-14-35)31-39(30-37)54-47-22-12-10-20-45(47)52-49(54)36-15-5-2-6-16-36/h1-31H. The number of fused-ring (bicyclic) bond motifs is 3. The molecule has 0 aliphatic rings. The summed E-state index contributed by atoms with van der Waals surface area (Å²) in [5.41, 5.74) is 13.0. The number of nitrogens with zero attached hydrogens (tertiary/aromatic N) is 5. The van der Waals surface area contributed by atoms with Crippen LogP contribution in [0.5, 0.6) is 0 Å². The molecule has 0 aliphatic heterocycles. The zero-order chi connectivity index (χ0) is 36.0. The highest BCUT2D eigenvalue weighted by Crippen LogP contribution is 2.40. The average Bonchev–Trinajstić information content (AvgIpc) is 3.84. The Morgan fingerprint density at radius 3 is 1.33 bits per heavy atom. The van der Waals surface area contributed by atoms with Gasteiger partial charge in [-0.3, -0.25) is 9.13 Å². The van der Waals surface area contributed by atoms with E-state index in [-0.39, 0.29) is 0 Å². The lowest BCUT2D eigenvalue weighted by Gasteiger charge is -2.18. The van der Waals surface area contributed by atoms with E-state index in [1.54, 1.807) is 0 Å². The third-order valence-corrected chi connectivity index (χ3v) is 10.2. The number of imidazole rings is 2. The van der Waals surface area contributed by atoms with Gasteiger partial charge in [-0.25, -0.2) is 9.97 Å². The molecule has 0 aliphatic carbocycles. The van der Waals surface area contributed by atoms with Crippen molar-refractivity contribution in [2.75, 3.05) is 0 Å². The minimum atomic E-state index is 0.646. The molecule has 0 unspecified atom stereocenters. The Labute approximate surface area is 312 Å². The van der Waals surface area contributed by atoms with E-state index in [2.05, 4.69) is 155 Å². The van der Waals surface area contributed by atoms with Gasteiger partial charge < -0.3 is 0 Å². The van der Waals surface area contributed by atoms with Crippen molar-refractivity contribution >= 4 is 32.8 Å². The molecule has 0 saturated heterocycles. The molecule has 0 saturated carbocycles. The first-order valence-electron chi connectivity index (χ1n) is 18.0. The van der Waals surface area contributed by atoms with Crippen molar-refractivity contribution in [2.24, 2.45) is 0 Å². The zero-order valence-corrected chi connectivity index (χ0v) is 29.1. The Morgan fingerprint density at radius 2 is 0.833 bits per heavy atom. The lowest BCUT2D eigenvalue weighted by atomic mass is 9.91. The van der Waals surface area contributed by atoms with E-state index in [1.807, 2.05) is 48.5 Å². The molecule has 252 valence electrons. The topological polar surface area (TPSA) is 59.4 Å². The lowest BCUT2D eigenvalue weighted by molar-refractivity contribution is 1.07. The smallest absolute Gasteiger partial charge is 0.145 e. The normalized spacial score (nSPS) is 11.3. The minimum absolute atomic E-state index is 0.646. The van der Waals surface area contributed by atoms with E-state index in [4.69, 9.17) is 9.97 Å². The summed E-state index contributed by atoms with van der Waals surface area (Å²) >= 11 is 0. The maximum Gasteiger partial charge on any atom is 0.145 e. The molecule has 0 spiro atoms. The molecule has 5 heteroatoms. The summed E-state index contributed by atoms with van der Waals surface area (Å²) in [5, 5.41) is 11.7. The van der Waals surface area contributed by atoms with Gasteiger partial charge in [0.05, 0.1) is 45.1 Å². The molecule has 0 N–H and O–H groups in total. The highest BCUT2D eigenvalue weighted by atomic mass is 15.1. The Kier molecular flexibility index (Phi) is 7.45. The Bertz CT molecular complexity index is 2900. The summed E-state index contributed by atoms with van der Waals surface area (Å²) in [5.74, 6) is 1.75. The van der Waals surface area contributed by atoms with Gasteiger partial charge in [0.25, 0.3) is 0 Å². The maximum absolute atomic E-state index is 9.43. The highest BCUT2D eigenvalue weighted by molar-refractivity contribution is 6.05. The van der Waals surface area contributed by atoms with Gasteiger partial charge in [-0.1, -0.05) is 133 Å². The average molecular weight is 690 g/mol. The molecule has 5 nitrogen and oxygen atoms in total. The largest absolute Gasteiger partial charge is 0.292 e. The summed E-state index contributed by atoms with van der Waals surface area (Å²) in [6, 6.07) is 67.4. The molecule has 0 bridgehead atoms. The zero-order valence-electron chi connectivity index (χ0n) is 29.1. The third-order valence-electron chi connectivity index (χ3n) is 10.2. The van der Waals surface area contributed by atoms with E-state index >= 15 is 0 Å². The fraction of sp³-hybridized carbons (Fsp3) is 0. The van der Waals surface area contributed by atoms with Crippen molar-refractivity contribution in [1.29, 1.82) is 5.26 Å². The van der Waals surface area contributed by atoms with Gasteiger partial charge in [-0.15, -0.1) is 0 Å². The van der Waals surface area contributed by atoms with Crippen molar-refractivity contribution in [1.82, 2.24) is 19.1 Å². The van der Waals surface area contributed by atoms with Crippen LogP contribution in [0.4, 0.5) is 0 Å². The van der Waals surface area contributed by atoms with Crippen LogP contribution >= 0.6 is 0 Å². The van der Waals surface area contributed by atoms with Crippen molar-refractivity contribution in [3.05, 3.63) is 194 Å². The van der Waals surface area contributed by atoms with Crippen LogP contribution < -0.4 is 0 Å². The number of nitriles is 1. The van der Waals surface area contributed by atoms with E-state index in [0.29, 0.717) is 5.56 Å². The van der Waals surface area contributed by atoms with Crippen LogP contribution in [0.25, 0.3) is 89.2 Å². The quantitative estimate of drug-likeness (QED) is 0.175. The van der Waals surface area contributed by atoms with Crippen LogP contribution in [0.15, 0.2) is 188 Å². The molecule has 0 fully saturated rings. The molecule has 10 aromatic rings. The fourth-order valence-electron chi connectivity index (χ4n) is 7.67. The number of para-hydroxylation sites is 4. The number of hydrogen-bond acceptors (Lipinski definition) is 3. The summed E-state index contributed by atoms with van der Waals surface area (Å²) in [6.45, 7) is 0. The van der Waals surface area contributed by atoms with Gasteiger partial charge in [-0.05, 0) is 87.6 Å². The van der Waals surface area contributed by atoms with Crippen LogP contribution in [0.2, 0.25) is 0 Å².